The fourth-order valence-electron chi connectivity index (χ4n) is 4.41. The molecule has 28 heavy (non-hydrogen) atoms. The predicted molar refractivity (Wildman–Crippen MR) is 97.4 cm³/mol. The minimum absolute atomic E-state index is 0.593. The van der Waals surface area contributed by atoms with Gasteiger partial charge in [-0.25, -0.2) is 9.98 Å². The van der Waals surface area contributed by atoms with Crippen LogP contribution in [0.5, 0.6) is 0 Å². The van der Waals surface area contributed by atoms with E-state index in [-0.39, 0.29) is 0 Å². The lowest BCUT2D eigenvalue weighted by molar-refractivity contribution is 0.380. The van der Waals surface area contributed by atoms with Gasteiger partial charge in [0.25, 0.3) is 0 Å². The van der Waals surface area contributed by atoms with Gasteiger partial charge >= 0.3 is 0 Å². The van der Waals surface area contributed by atoms with Crippen LogP contribution in [0.1, 0.15) is 5.69 Å². The van der Waals surface area contributed by atoms with Crippen LogP contribution in [-0.4, -0.2) is 20.3 Å². The molecule has 0 unspecified atom stereocenters. The maximum Gasteiger partial charge on any atom is 0.203 e. The molecular formula is C20H6N4O4. The van der Waals surface area contributed by atoms with Gasteiger partial charge in [0.1, 0.15) is 16.9 Å². The second-order valence-corrected chi connectivity index (χ2v) is 7.22. The van der Waals surface area contributed by atoms with E-state index in [9.17, 15) is 0 Å². The number of hydrogen-bond donors (Lipinski definition) is 1. The molecule has 130 valence electrons. The number of rotatable bonds is 0. The summed E-state index contributed by atoms with van der Waals surface area (Å²) in [5, 5.41) is 1.62. The van der Waals surface area contributed by atoms with E-state index in [0.29, 0.717) is 44.8 Å². The Morgan fingerprint density at radius 1 is 0.964 bits per heavy atom. The molecule has 0 radical (unpaired) electrons. The highest BCUT2D eigenvalue weighted by atomic mass is 16.5. The maximum atomic E-state index is 6.36. The quantitative estimate of drug-likeness (QED) is 0.417. The van der Waals surface area contributed by atoms with E-state index >= 15 is 0 Å². The van der Waals surface area contributed by atoms with Crippen LogP contribution in [0.4, 0.5) is 0 Å². The summed E-state index contributed by atoms with van der Waals surface area (Å²) in [6.45, 7) is 0. The van der Waals surface area contributed by atoms with Gasteiger partial charge in [0.15, 0.2) is 44.8 Å². The van der Waals surface area contributed by atoms with Crippen molar-refractivity contribution >= 4 is 56.1 Å². The highest BCUT2D eigenvalue weighted by molar-refractivity contribution is 6.26. The molecular weight excluding hydrogens is 360 g/mol. The van der Waals surface area contributed by atoms with Crippen LogP contribution in [0.3, 0.4) is 0 Å². The Labute approximate surface area is 152 Å². The van der Waals surface area contributed by atoms with Gasteiger partial charge in [0.05, 0.1) is 10.7 Å². The maximum absolute atomic E-state index is 6.36. The number of aliphatic imine (C=N–C) groups is 1. The summed E-state index contributed by atoms with van der Waals surface area (Å²) in [6.07, 6.45) is 3.89. The lowest BCUT2D eigenvalue weighted by Crippen LogP contribution is -2.17. The summed E-state index contributed by atoms with van der Waals surface area (Å²) in [6, 6.07) is 5.82. The van der Waals surface area contributed by atoms with E-state index in [1.54, 1.807) is 4.57 Å². The number of H-pyrrole nitrogens is 1. The molecule has 6 aromatic rings. The molecule has 1 N–H and O–H groups in total. The molecule has 0 aromatic carbocycles. The van der Waals surface area contributed by atoms with Crippen LogP contribution in [0.15, 0.2) is 54.4 Å². The van der Waals surface area contributed by atoms with E-state index in [2.05, 4.69) is 4.98 Å². The average Bonchev–Trinajstić information content (AvgIpc) is 3.13. The minimum atomic E-state index is 0.593. The zero-order valence-corrected chi connectivity index (χ0v) is 13.9. The second-order valence-electron chi connectivity index (χ2n) is 7.22. The topological polar surface area (TPSA) is 94.1 Å². The Hall–Kier alpha value is -4.20. The highest BCUT2D eigenvalue weighted by Gasteiger charge is 2.36. The third kappa shape index (κ3) is 1.12. The fraction of sp³-hybridized carbons (Fsp3) is 0. The van der Waals surface area contributed by atoms with Gasteiger partial charge in [-0.3, -0.25) is 0 Å². The van der Waals surface area contributed by atoms with E-state index in [1.165, 1.54) is 0 Å². The van der Waals surface area contributed by atoms with Gasteiger partial charge in [0.2, 0.25) is 11.2 Å². The summed E-state index contributed by atoms with van der Waals surface area (Å²) in [7, 11) is 0. The molecule has 0 fully saturated rings. The molecule has 6 aromatic heterocycles. The van der Waals surface area contributed by atoms with Gasteiger partial charge in [-0.2, -0.15) is 4.57 Å². The molecule has 0 saturated carbocycles. The van der Waals surface area contributed by atoms with Crippen LogP contribution in [-0.2, 0) is 4.74 Å². The van der Waals surface area contributed by atoms with Crippen molar-refractivity contribution in [1.82, 2.24) is 14.5 Å². The molecule has 8 nitrogen and oxygen atoms in total. The van der Waals surface area contributed by atoms with E-state index < -0.39 is 0 Å². The Kier molecular flexibility index (Phi) is 1.52. The lowest BCUT2D eigenvalue weighted by Gasteiger charge is -2.16. The van der Waals surface area contributed by atoms with Crippen molar-refractivity contribution in [3.63, 3.8) is 0 Å². The minimum Gasteiger partial charge on any atom is -0.448 e. The van der Waals surface area contributed by atoms with Crippen molar-refractivity contribution in [3.05, 3.63) is 57.9 Å². The van der Waals surface area contributed by atoms with Crippen LogP contribution in [0, 0.1) is 10.8 Å². The van der Waals surface area contributed by atoms with E-state index in [1.807, 2.05) is 30.4 Å². The van der Waals surface area contributed by atoms with Crippen molar-refractivity contribution in [3.8, 4) is 0 Å². The molecule has 0 atom stereocenters. The first-order chi connectivity index (χ1) is 13.8. The molecule has 0 amide bonds. The summed E-state index contributed by atoms with van der Waals surface area (Å²) in [5.41, 5.74) is 7.69. The summed E-state index contributed by atoms with van der Waals surface area (Å²) >= 11 is 0. The summed E-state index contributed by atoms with van der Waals surface area (Å²) in [4.78, 5) is 12.8. The monoisotopic (exact) mass is 366 g/mol. The molecule has 0 aliphatic carbocycles. The fourth-order valence-corrected chi connectivity index (χ4v) is 4.41. The number of aromatic amines is 1. The number of nitrogens with zero attached hydrogens (tertiary/aromatic N) is 3. The molecule has 3 aliphatic rings. The standard InChI is InChI=1S/C20H6N4O4/c1-2-8-16-10-5-11-12(23-10)18(26-16)14-20-19(27-20)13(24(14)28-11)17-9-4-3-7(22-9)15(25-17)6(1)21-8/h1-5,21H. The van der Waals surface area contributed by atoms with Gasteiger partial charge in [-0.15, -0.1) is 0 Å². The first kappa shape index (κ1) is 12.2. The number of ether oxygens (including phenoxy) is 1. The molecule has 0 spiro atoms. The van der Waals surface area contributed by atoms with Gasteiger partial charge in [-0.1, -0.05) is 0 Å². The van der Waals surface area contributed by atoms with Crippen molar-refractivity contribution < 1.29 is 18.1 Å². The number of nitrogens with one attached hydrogen (secondary N) is 1. The van der Waals surface area contributed by atoms with Gasteiger partial charge in [-0.05, 0) is 24.3 Å². The zero-order chi connectivity index (χ0) is 17.7. The van der Waals surface area contributed by atoms with Crippen LogP contribution in [0.2, 0.25) is 0 Å². The number of hydrogen-bond acceptors (Lipinski definition) is 6. The molecule has 0 saturated heterocycles. The first-order valence-corrected chi connectivity index (χ1v) is 8.85. The van der Waals surface area contributed by atoms with Crippen LogP contribution >= 0.6 is 0 Å². The second kappa shape index (κ2) is 3.48. The van der Waals surface area contributed by atoms with Crippen molar-refractivity contribution in [1.29, 1.82) is 0 Å². The normalized spacial score (nSPS) is 17.4. The molecule has 3 aliphatic heterocycles. The summed E-state index contributed by atoms with van der Waals surface area (Å²) < 4.78 is 26.4. The SMILES string of the molecule is C1=CC2=C3OC(=c4ccc([nH]4)=c4oc5c6nc4cc6on4c3c3oc3c54)C1=N2. The average molecular weight is 366 g/mol. The van der Waals surface area contributed by atoms with E-state index in [0.717, 1.165) is 38.8 Å². The van der Waals surface area contributed by atoms with Crippen LogP contribution < -0.4 is 5.35 Å². The number of allylic oxidation sites excluding steroid dienone is 1. The Morgan fingerprint density at radius 2 is 1.93 bits per heavy atom. The molecule has 9 rings (SSSR count). The molecule has 8 heteroatoms. The van der Waals surface area contributed by atoms with Crippen molar-refractivity contribution in [2.75, 3.05) is 0 Å². The van der Waals surface area contributed by atoms with Crippen molar-refractivity contribution in [2.45, 2.75) is 0 Å². The third-order valence-corrected chi connectivity index (χ3v) is 5.69. The summed E-state index contributed by atoms with van der Waals surface area (Å²) in [5.74, 6) is 1.24. The Balaban J connectivity index is 1.73. The van der Waals surface area contributed by atoms with Crippen molar-refractivity contribution in [2.24, 2.45) is 4.99 Å². The molecule has 9 heterocycles. The smallest absolute Gasteiger partial charge is 0.203 e. The highest BCUT2D eigenvalue weighted by Crippen LogP contribution is 2.46. The zero-order valence-electron chi connectivity index (χ0n) is 13.9. The third-order valence-electron chi connectivity index (χ3n) is 5.69. The van der Waals surface area contributed by atoms with Gasteiger partial charge < -0.3 is 23.1 Å². The number of fused-ring (bicyclic) bond motifs is 12. The number of aromatic nitrogens is 3. The van der Waals surface area contributed by atoms with Crippen LogP contribution in [0.25, 0.3) is 50.4 Å². The Morgan fingerprint density at radius 3 is 2.93 bits per heavy atom. The predicted octanol–water partition coefficient (Wildman–Crippen LogP) is 3.18. The Bertz CT molecular complexity index is 1950. The lowest BCUT2D eigenvalue weighted by atomic mass is 10.2. The molecule has 13 bridgehead atoms. The largest absolute Gasteiger partial charge is 0.448 e. The first-order valence-electron chi connectivity index (χ1n) is 8.85. The van der Waals surface area contributed by atoms with Gasteiger partial charge in [0, 0.05) is 6.07 Å². The van der Waals surface area contributed by atoms with E-state index in [4.69, 9.17) is 28.1 Å².